The number of para-hydroxylation sites is 1. The minimum atomic E-state index is 0.0132. The zero-order chi connectivity index (χ0) is 13.1. The number of hydrogen-bond acceptors (Lipinski definition) is 1. The minimum absolute atomic E-state index is 0.0132. The molecule has 3 heteroatoms. The van der Waals surface area contributed by atoms with Gasteiger partial charge in [0, 0.05) is 22.7 Å². The number of fused-ring (bicyclic) bond motifs is 1. The zero-order valence-electron chi connectivity index (χ0n) is 11.3. The third-order valence-electron chi connectivity index (χ3n) is 3.77. The van der Waals surface area contributed by atoms with Crippen LogP contribution in [0.4, 0.5) is 0 Å². The highest BCUT2D eigenvalue weighted by atomic mass is 16.1. The van der Waals surface area contributed by atoms with E-state index in [0.717, 1.165) is 29.6 Å². The molecule has 0 bridgehead atoms. The molecule has 96 valence electrons. The van der Waals surface area contributed by atoms with E-state index in [1.54, 1.807) is 0 Å². The van der Waals surface area contributed by atoms with Crippen molar-refractivity contribution in [3.63, 3.8) is 0 Å². The number of aromatic nitrogens is 1. The molecule has 2 rings (SSSR count). The number of nitrogens with one attached hydrogen (secondary N) is 2. The van der Waals surface area contributed by atoms with Crippen LogP contribution in [-0.2, 0) is 0 Å². The summed E-state index contributed by atoms with van der Waals surface area (Å²) in [5.41, 5.74) is 1.85. The summed E-state index contributed by atoms with van der Waals surface area (Å²) in [5, 5.41) is 1.03. The van der Waals surface area contributed by atoms with Gasteiger partial charge < -0.3 is 9.88 Å². The molecule has 3 nitrogen and oxygen atoms in total. The highest BCUT2D eigenvalue weighted by Crippen LogP contribution is 2.18. The number of ketones is 1. The van der Waals surface area contributed by atoms with Crippen molar-refractivity contribution in [2.75, 3.05) is 13.1 Å². The first kappa shape index (κ1) is 12.8. The molecule has 2 N–H and O–H groups in total. The van der Waals surface area contributed by atoms with Crippen molar-refractivity contribution in [3.05, 3.63) is 36.0 Å². The molecule has 0 amide bonds. The van der Waals surface area contributed by atoms with Gasteiger partial charge in [-0.1, -0.05) is 18.2 Å². The van der Waals surface area contributed by atoms with Gasteiger partial charge in [-0.2, -0.15) is 0 Å². The van der Waals surface area contributed by atoms with Crippen LogP contribution in [0, 0.1) is 0 Å². The molecule has 0 unspecified atom stereocenters. The summed E-state index contributed by atoms with van der Waals surface area (Å²) in [5.74, 6) is 0.228. The third kappa shape index (κ3) is 2.18. The topological polar surface area (TPSA) is 37.3 Å². The van der Waals surface area contributed by atoms with Gasteiger partial charge in [0.05, 0.1) is 13.1 Å². The molecule has 18 heavy (non-hydrogen) atoms. The number of benzene rings is 1. The maximum absolute atomic E-state index is 12.5. The summed E-state index contributed by atoms with van der Waals surface area (Å²) in [7, 11) is 0. The fourth-order valence-electron chi connectivity index (χ4n) is 2.56. The molecular weight excluding hydrogens is 224 g/mol. The molecule has 1 atom stereocenters. The lowest BCUT2D eigenvalue weighted by molar-refractivity contribution is -0.910. The highest BCUT2D eigenvalue weighted by molar-refractivity contribution is 6.09. The molecule has 1 aromatic carbocycles. The van der Waals surface area contributed by atoms with Crippen LogP contribution in [0.5, 0.6) is 0 Å². The van der Waals surface area contributed by atoms with Gasteiger partial charge >= 0.3 is 0 Å². The summed E-state index contributed by atoms with van der Waals surface area (Å²) in [6.07, 6.45) is 1.84. The van der Waals surface area contributed by atoms with Crippen molar-refractivity contribution >= 4 is 16.7 Å². The van der Waals surface area contributed by atoms with Gasteiger partial charge in [-0.05, 0) is 26.8 Å². The SMILES string of the molecule is CC[NH+](CC)[C@@H](C)C(=O)c1c[nH]c2ccccc12. The number of H-pyrrole nitrogens is 1. The molecule has 0 saturated heterocycles. The van der Waals surface area contributed by atoms with Crippen LogP contribution >= 0.6 is 0 Å². The minimum Gasteiger partial charge on any atom is -0.360 e. The second-order valence-electron chi connectivity index (χ2n) is 4.70. The molecule has 2 aromatic rings. The molecule has 0 saturated carbocycles. The van der Waals surface area contributed by atoms with Crippen molar-refractivity contribution in [1.82, 2.24) is 4.98 Å². The molecule has 1 heterocycles. The van der Waals surface area contributed by atoms with Crippen molar-refractivity contribution in [3.8, 4) is 0 Å². The lowest BCUT2D eigenvalue weighted by Crippen LogP contribution is -3.15. The molecule has 0 aliphatic carbocycles. The molecule has 0 radical (unpaired) electrons. The number of carbonyl (C=O) groups excluding carboxylic acids is 1. The summed E-state index contributed by atoms with van der Waals surface area (Å²) in [6, 6.07) is 7.97. The Morgan fingerprint density at radius 1 is 1.28 bits per heavy atom. The molecule has 0 fully saturated rings. The third-order valence-corrected chi connectivity index (χ3v) is 3.77. The standard InChI is InChI=1S/C15H20N2O/c1-4-17(5-2)11(3)15(18)13-10-16-14-9-7-6-8-12(13)14/h6-11,16H,4-5H2,1-3H3/p+1/t11-/m0/s1. The number of aromatic amines is 1. The molecule has 0 aliphatic heterocycles. The van der Waals surface area contributed by atoms with Gasteiger partial charge in [-0.3, -0.25) is 4.79 Å². The Hall–Kier alpha value is -1.61. The average molecular weight is 245 g/mol. The van der Waals surface area contributed by atoms with Gasteiger partial charge in [0.1, 0.15) is 6.04 Å². The first-order valence-corrected chi connectivity index (χ1v) is 6.63. The number of quaternary nitrogens is 1. The molecule has 0 spiro atoms. The van der Waals surface area contributed by atoms with Gasteiger partial charge in [0.15, 0.2) is 0 Å². The number of rotatable bonds is 5. The number of hydrogen-bond donors (Lipinski definition) is 2. The highest BCUT2D eigenvalue weighted by Gasteiger charge is 2.25. The number of likely N-dealkylation sites (N-methyl/N-ethyl adjacent to an activating group) is 1. The van der Waals surface area contributed by atoms with Crippen LogP contribution in [0.3, 0.4) is 0 Å². The predicted octanol–water partition coefficient (Wildman–Crippen LogP) is 1.66. The second kappa shape index (κ2) is 5.36. The van der Waals surface area contributed by atoms with Crippen LogP contribution in [0.15, 0.2) is 30.5 Å². The first-order chi connectivity index (χ1) is 8.69. The van der Waals surface area contributed by atoms with E-state index < -0.39 is 0 Å². The van der Waals surface area contributed by atoms with Gasteiger partial charge in [0.2, 0.25) is 5.78 Å². The van der Waals surface area contributed by atoms with E-state index >= 15 is 0 Å². The predicted molar refractivity (Wildman–Crippen MR) is 74.1 cm³/mol. The fraction of sp³-hybridized carbons (Fsp3) is 0.400. The zero-order valence-corrected chi connectivity index (χ0v) is 11.3. The van der Waals surface area contributed by atoms with Gasteiger partial charge in [-0.25, -0.2) is 0 Å². The van der Waals surface area contributed by atoms with Gasteiger partial charge in [-0.15, -0.1) is 0 Å². The van der Waals surface area contributed by atoms with Gasteiger partial charge in [0.25, 0.3) is 0 Å². The van der Waals surface area contributed by atoms with E-state index in [-0.39, 0.29) is 11.8 Å². The molecular formula is C15H21N2O+. The lowest BCUT2D eigenvalue weighted by atomic mass is 10.0. The second-order valence-corrected chi connectivity index (χ2v) is 4.70. The Morgan fingerprint density at radius 2 is 1.94 bits per heavy atom. The largest absolute Gasteiger partial charge is 0.360 e. The summed E-state index contributed by atoms with van der Waals surface area (Å²) < 4.78 is 0. The normalized spacial score (nSPS) is 13.1. The monoisotopic (exact) mass is 245 g/mol. The number of carbonyl (C=O) groups is 1. The van der Waals surface area contributed by atoms with Crippen LogP contribution in [0.1, 0.15) is 31.1 Å². The average Bonchev–Trinajstić information content (AvgIpc) is 2.83. The lowest BCUT2D eigenvalue weighted by Gasteiger charge is -2.21. The van der Waals surface area contributed by atoms with E-state index in [9.17, 15) is 4.79 Å². The maximum Gasteiger partial charge on any atom is 0.221 e. The van der Waals surface area contributed by atoms with Crippen molar-refractivity contribution < 1.29 is 9.69 Å². The summed E-state index contributed by atoms with van der Waals surface area (Å²) >= 11 is 0. The Kier molecular flexibility index (Phi) is 3.82. The van der Waals surface area contributed by atoms with Crippen LogP contribution in [0.25, 0.3) is 10.9 Å². The first-order valence-electron chi connectivity index (χ1n) is 6.63. The number of Topliss-reactive ketones (excluding diaryl/α,β-unsaturated/α-hetero) is 1. The fourth-order valence-corrected chi connectivity index (χ4v) is 2.56. The molecule has 1 aromatic heterocycles. The Balaban J connectivity index is 2.33. The summed E-state index contributed by atoms with van der Waals surface area (Å²) in [6.45, 7) is 8.22. The van der Waals surface area contributed by atoms with Crippen LogP contribution in [-0.4, -0.2) is 29.9 Å². The van der Waals surface area contributed by atoms with Crippen molar-refractivity contribution in [2.24, 2.45) is 0 Å². The molecule has 0 aliphatic rings. The Bertz CT molecular complexity index is 540. The van der Waals surface area contributed by atoms with Crippen LogP contribution < -0.4 is 4.90 Å². The van der Waals surface area contributed by atoms with E-state index in [4.69, 9.17) is 0 Å². The van der Waals surface area contributed by atoms with Crippen LogP contribution in [0.2, 0.25) is 0 Å². The summed E-state index contributed by atoms with van der Waals surface area (Å²) in [4.78, 5) is 17.0. The maximum atomic E-state index is 12.5. The van der Waals surface area contributed by atoms with E-state index in [1.807, 2.05) is 37.4 Å². The quantitative estimate of drug-likeness (QED) is 0.772. The van der Waals surface area contributed by atoms with Crippen molar-refractivity contribution in [2.45, 2.75) is 26.8 Å². The smallest absolute Gasteiger partial charge is 0.221 e. The van der Waals surface area contributed by atoms with E-state index in [0.29, 0.717) is 0 Å². The van der Waals surface area contributed by atoms with Crippen molar-refractivity contribution in [1.29, 1.82) is 0 Å². The Morgan fingerprint density at radius 3 is 2.61 bits per heavy atom. The van der Waals surface area contributed by atoms with E-state index in [2.05, 4.69) is 18.8 Å². The van der Waals surface area contributed by atoms with E-state index in [1.165, 1.54) is 4.90 Å². The Labute approximate surface area is 108 Å².